The minimum atomic E-state index is 0.343. The van der Waals surface area contributed by atoms with E-state index in [0.717, 1.165) is 25.0 Å². The molecule has 0 unspecified atom stereocenters. The summed E-state index contributed by atoms with van der Waals surface area (Å²) in [6.07, 6.45) is 2.94. The molecule has 0 radical (unpaired) electrons. The van der Waals surface area contributed by atoms with Gasteiger partial charge in [0, 0.05) is 6.42 Å². The molecule has 2 heteroatoms. The third kappa shape index (κ3) is 9.94. The first-order chi connectivity index (χ1) is 5.95. The van der Waals surface area contributed by atoms with Gasteiger partial charge in [0.2, 0.25) is 0 Å². The van der Waals surface area contributed by atoms with E-state index in [1.807, 2.05) is 0 Å². The summed E-state index contributed by atoms with van der Waals surface area (Å²) in [5.74, 6) is 2.19. The number of thioether (sulfide) groups is 1. The molecule has 0 heterocycles. The van der Waals surface area contributed by atoms with Crippen molar-refractivity contribution in [2.24, 2.45) is 5.41 Å². The van der Waals surface area contributed by atoms with Gasteiger partial charge in [-0.25, -0.2) is 0 Å². The van der Waals surface area contributed by atoms with Gasteiger partial charge < -0.3 is 0 Å². The Balaban J connectivity index is 3.37. The molecule has 0 saturated heterocycles. The second-order valence-corrected chi connectivity index (χ2v) is 5.68. The van der Waals surface area contributed by atoms with E-state index in [9.17, 15) is 4.79 Å². The number of rotatable bonds is 6. The molecule has 0 N–H and O–H groups in total. The molecule has 78 valence electrons. The van der Waals surface area contributed by atoms with E-state index in [4.69, 9.17) is 0 Å². The molecule has 0 fully saturated rings. The van der Waals surface area contributed by atoms with Gasteiger partial charge >= 0.3 is 0 Å². The van der Waals surface area contributed by atoms with Crippen LogP contribution in [0.3, 0.4) is 0 Å². The average molecular weight is 202 g/mol. The zero-order valence-electron chi connectivity index (χ0n) is 9.35. The molecule has 0 aliphatic carbocycles. The van der Waals surface area contributed by atoms with E-state index in [1.165, 1.54) is 0 Å². The third-order valence-corrected chi connectivity index (χ3v) is 3.20. The van der Waals surface area contributed by atoms with Crippen LogP contribution in [-0.2, 0) is 4.79 Å². The van der Waals surface area contributed by atoms with Crippen molar-refractivity contribution in [2.45, 2.75) is 47.0 Å². The van der Waals surface area contributed by atoms with Gasteiger partial charge in [-0.1, -0.05) is 34.1 Å². The van der Waals surface area contributed by atoms with Crippen molar-refractivity contribution in [2.75, 3.05) is 11.5 Å². The Hall–Kier alpha value is 0.0200. The summed E-state index contributed by atoms with van der Waals surface area (Å²) in [5.41, 5.74) is 0.343. The molecular formula is C11H22OS. The first-order valence-electron chi connectivity index (χ1n) is 5.05. The molecule has 0 aliphatic heterocycles. The predicted molar refractivity (Wildman–Crippen MR) is 61.3 cm³/mol. The molecule has 13 heavy (non-hydrogen) atoms. The third-order valence-electron chi connectivity index (χ3n) is 1.61. The van der Waals surface area contributed by atoms with Crippen molar-refractivity contribution < 1.29 is 4.79 Å². The Kier molecular flexibility index (Phi) is 6.48. The standard InChI is InChI=1S/C11H22OS/c1-5-6-7-10(12)8-13-9-11(2,3)4/h5-9H2,1-4H3. The molecule has 0 spiro atoms. The van der Waals surface area contributed by atoms with Gasteiger partial charge in [0.15, 0.2) is 0 Å². The number of hydrogen-bond donors (Lipinski definition) is 0. The topological polar surface area (TPSA) is 17.1 Å². The van der Waals surface area contributed by atoms with Crippen LogP contribution < -0.4 is 0 Å². The van der Waals surface area contributed by atoms with E-state index in [2.05, 4.69) is 27.7 Å². The summed E-state index contributed by atoms with van der Waals surface area (Å²) in [4.78, 5) is 11.3. The lowest BCUT2D eigenvalue weighted by molar-refractivity contribution is -0.116. The Labute approximate surface area is 86.7 Å². The summed E-state index contributed by atoms with van der Waals surface area (Å²) < 4.78 is 0. The van der Waals surface area contributed by atoms with Crippen LogP contribution in [0, 0.1) is 5.41 Å². The monoisotopic (exact) mass is 202 g/mol. The highest BCUT2D eigenvalue weighted by Crippen LogP contribution is 2.20. The predicted octanol–water partition coefficient (Wildman–Crippen LogP) is 3.53. The molecule has 0 bridgehead atoms. The maximum atomic E-state index is 11.3. The Bertz CT molecular complexity index is 147. The molecule has 1 nitrogen and oxygen atoms in total. The molecule has 0 aliphatic rings. The van der Waals surface area contributed by atoms with Crippen LogP contribution in [0.5, 0.6) is 0 Å². The Morgan fingerprint density at radius 3 is 2.38 bits per heavy atom. The van der Waals surface area contributed by atoms with Crippen LogP contribution in [0.4, 0.5) is 0 Å². The van der Waals surface area contributed by atoms with Crippen molar-refractivity contribution in [3.05, 3.63) is 0 Å². The van der Waals surface area contributed by atoms with Crippen LogP contribution in [0.1, 0.15) is 47.0 Å². The quantitative estimate of drug-likeness (QED) is 0.655. The molecule has 0 aromatic carbocycles. The Morgan fingerprint density at radius 2 is 1.92 bits per heavy atom. The Morgan fingerprint density at radius 1 is 1.31 bits per heavy atom. The minimum Gasteiger partial charge on any atom is -0.299 e. The molecule has 0 atom stereocenters. The summed E-state index contributed by atoms with van der Waals surface area (Å²) >= 11 is 1.77. The van der Waals surface area contributed by atoms with Crippen LogP contribution in [-0.4, -0.2) is 17.3 Å². The highest BCUT2D eigenvalue weighted by Gasteiger charge is 2.11. The number of Topliss-reactive ketones (excluding diaryl/α,β-unsaturated/α-hetero) is 1. The molecular weight excluding hydrogens is 180 g/mol. The number of ketones is 1. The zero-order chi connectivity index (χ0) is 10.3. The van der Waals surface area contributed by atoms with E-state index >= 15 is 0 Å². The molecule has 0 amide bonds. The summed E-state index contributed by atoms with van der Waals surface area (Å²) in [6.45, 7) is 8.74. The number of carbonyl (C=O) groups is 1. The SMILES string of the molecule is CCCCC(=O)CSCC(C)(C)C. The van der Waals surface area contributed by atoms with Crippen LogP contribution in [0.2, 0.25) is 0 Å². The number of hydrogen-bond acceptors (Lipinski definition) is 2. The fourth-order valence-corrected chi connectivity index (χ4v) is 2.00. The van der Waals surface area contributed by atoms with Gasteiger partial charge in [0.1, 0.15) is 5.78 Å². The molecule has 0 rings (SSSR count). The lowest BCUT2D eigenvalue weighted by Gasteiger charge is -2.16. The maximum absolute atomic E-state index is 11.3. The smallest absolute Gasteiger partial charge is 0.142 e. The number of unbranched alkanes of at least 4 members (excludes halogenated alkanes) is 1. The molecule has 0 aromatic heterocycles. The summed E-state index contributed by atoms with van der Waals surface area (Å²) in [7, 11) is 0. The van der Waals surface area contributed by atoms with Crippen molar-refractivity contribution in [1.82, 2.24) is 0 Å². The summed E-state index contributed by atoms with van der Waals surface area (Å²) in [5, 5.41) is 0. The van der Waals surface area contributed by atoms with Crippen molar-refractivity contribution in [1.29, 1.82) is 0 Å². The first-order valence-corrected chi connectivity index (χ1v) is 6.20. The zero-order valence-corrected chi connectivity index (χ0v) is 10.2. The van der Waals surface area contributed by atoms with Crippen molar-refractivity contribution in [3.8, 4) is 0 Å². The van der Waals surface area contributed by atoms with Gasteiger partial charge in [-0.3, -0.25) is 4.79 Å². The molecule has 0 saturated carbocycles. The fraction of sp³-hybridized carbons (Fsp3) is 0.909. The van der Waals surface area contributed by atoms with E-state index in [0.29, 0.717) is 17.0 Å². The van der Waals surface area contributed by atoms with E-state index < -0.39 is 0 Å². The average Bonchev–Trinajstić information content (AvgIpc) is 1.98. The lowest BCUT2D eigenvalue weighted by Crippen LogP contribution is -2.11. The fourth-order valence-electron chi connectivity index (χ4n) is 0.917. The normalized spacial score (nSPS) is 11.7. The van der Waals surface area contributed by atoms with Gasteiger partial charge in [0.05, 0.1) is 5.75 Å². The number of carbonyl (C=O) groups excluding carboxylic acids is 1. The molecule has 0 aromatic rings. The maximum Gasteiger partial charge on any atom is 0.142 e. The van der Waals surface area contributed by atoms with Crippen LogP contribution in [0.15, 0.2) is 0 Å². The van der Waals surface area contributed by atoms with Crippen molar-refractivity contribution in [3.63, 3.8) is 0 Å². The lowest BCUT2D eigenvalue weighted by atomic mass is 10.0. The highest BCUT2D eigenvalue weighted by molar-refractivity contribution is 7.99. The van der Waals surface area contributed by atoms with Crippen LogP contribution >= 0.6 is 11.8 Å². The van der Waals surface area contributed by atoms with Gasteiger partial charge in [0.25, 0.3) is 0 Å². The highest BCUT2D eigenvalue weighted by atomic mass is 32.2. The largest absolute Gasteiger partial charge is 0.299 e. The summed E-state index contributed by atoms with van der Waals surface area (Å²) in [6, 6.07) is 0. The minimum absolute atomic E-state index is 0.343. The van der Waals surface area contributed by atoms with Crippen LogP contribution in [0.25, 0.3) is 0 Å². The van der Waals surface area contributed by atoms with Crippen molar-refractivity contribution >= 4 is 17.5 Å². The second-order valence-electron chi connectivity index (χ2n) is 4.70. The van der Waals surface area contributed by atoms with Gasteiger partial charge in [-0.15, -0.1) is 0 Å². The second kappa shape index (κ2) is 6.47. The van der Waals surface area contributed by atoms with Gasteiger partial charge in [-0.05, 0) is 17.6 Å². The van der Waals surface area contributed by atoms with E-state index in [1.54, 1.807) is 11.8 Å². The first kappa shape index (κ1) is 13.0. The van der Waals surface area contributed by atoms with Gasteiger partial charge in [-0.2, -0.15) is 11.8 Å². The van der Waals surface area contributed by atoms with E-state index in [-0.39, 0.29) is 0 Å².